The average Bonchev–Trinajstić information content (AvgIpc) is 3.07. The fourth-order valence-electron chi connectivity index (χ4n) is 1.91. The van der Waals surface area contributed by atoms with Gasteiger partial charge in [-0.25, -0.2) is 9.67 Å². The van der Waals surface area contributed by atoms with Crippen LogP contribution in [0.4, 0.5) is 0 Å². The van der Waals surface area contributed by atoms with Gasteiger partial charge in [0.1, 0.15) is 6.07 Å². The van der Waals surface area contributed by atoms with Gasteiger partial charge in [-0.05, 0) is 37.5 Å². The first-order valence-corrected chi connectivity index (χ1v) is 5.71. The van der Waals surface area contributed by atoms with Crippen molar-refractivity contribution in [2.24, 2.45) is 0 Å². The number of aryl methyl sites for hydroxylation is 1. The number of rotatable bonds is 2. The summed E-state index contributed by atoms with van der Waals surface area (Å²) < 4.78 is 1.71. The first kappa shape index (κ1) is 10.0. The molecule has 0 amide bonds. The van der Waals surface area contributed by atoms with Crippen molar-refractivity contribution in [1.82, 2.24) is 14.8 Å². The quantitative estimate of drug-likeness (QED) is 0.786. The molecule has 4 nitrogen and oxygen atoms in total. The van der Waals surface area contributed by atoms with Gasteiger partial charge in [0.15, 0.2) is 5.82 Å². The smallest absolute Gasteiger partial charge is 0.171 e. The van der Waals surface area contributed by atoms with E-state index < -0.39 is 0 Å². The van der Waals surface area contributed by atoms with Crippen LogP contribution in [0.25, 0.3) is 5.82 Å². The molecule has 2 heterocycles. The number of nitrogens with zero attached hydrogens (tertiary/aromatic N) is 4. The molecule has 0 spiro atoms. The molecule has 1 saturated carbocycles. The Balaban J connectivity index is 2.08. The Morgan fingerprint density at radius 1 is 1.41 bits per heavy atom. The lowest BCUT2D eigenvalue weighted by Gasteiger charge is -2.04. The van der Waals surface area contributed by atoms with Crippen molar-refractivity contribution in [3.63, 3.8) is 0 Å². The number of hydrogen-bond acceptors (Lipinski definition) is 3. The van der Waals surface area contributed by atoms with E-state index in [0.717, 1.165) is 11.3 Å². The van der Waals surface area contributed by atoms with Gasteiger partial charge in [0.05, 0.1) is 11.3 Å². The minimum absolute atomic E-state index is 0.595. The van der Waals surface area contributed by atoms with Gasteiger partial charge < -0.3 is 0 Å². The summed E-state index contributed by atoms with van der Waals surface area (Å²) >= 11 is 0. The Bertz CT molecular complexity index is 602. The molecule has 3 rings (SSSR count). The Labute approximate surface area is 99.5 Å². The van der Waals surface area contributed by atoms with Crippen LogP contribution in [0.3, 0.4) is 0 Å². The van der Waals surface area contributed by atoms with Crippen molar-refractivity contribution in [3.05, 3.63) is 41.3 Å². The highest BCUT2D eigenvalue weighted by molar-refractivity contribution is 5.47. The van der Waals surface area contributed by atoms with Crippen LogP contribution in [0.1, 0.15) is 35.6 Å². The third kappa shape index (κ3) is 1.70. The maximum absolute atomic E-state index is 9.16. The molecular weight excluding hydrogens is 212 g/mol. The van der Waals surface area contributed by atoms with E-state index in [0.29, 0.717) is 17.3 Å². The summed E-state index contributed by atoms with van der Waals surface area (Å²) in [6, 6.07) is 6.05. The van der Waals surface area contributed by atoms with Crippen molar-refractivity contribution >= 4 is 0 Å². The zero-order valence-corrected chi connectivity index (χ0v) is 9.59. The third-order valence-corrected chi connectivity index (χ3v) is 3.07. The van der Waals surface area contributed by atoms with Crippen molar-refractivity contribution < 1.29 is 0 Å². The predicted molar refractivity (Wildman–Crippen MR) is 62.8 cm³/mol. The van der Waals surface area contributed by atoms with Crippen molar-refractivity contribution in [2.75, 3.05) is 0 Å². The zero-order valence-electron chi connectivity index (χ0n) is 9.59. The fourth-order valence-corrected chi connectivity index (χ4v) is 1.91. The molecule has 1 aliphatic rings. The molecule has 84 valence electrons. The standard InChI is InChI=1S/C13H12N4/c1-9-4-6-15-13(11(9)8-14)17-7-5-12(16-17)10-2-3-10/h4-7,10H,2-3H2,1H3. The molecule has 2 aromatic heterocycles. The lowest BCUT2D eigenvalue weighted by atomic mass is 10.1. The van der Waals surface area contributed by atoms with Crippen LogP contribution in [-0.4, -0.2) is 14.8 Å². The molecular formula is C13H12N4. The Hall–Kier alpha value is -2.15. The molecule has 0 aromatic carbocycles. The highest BCUT2D eigenvalue weighted by atomic mass is 15.3. The summed E-state index contributed by atoms with van der Waals surface area (Å²) in [7, 11) is 0. The second-order valence-electron chi connectivity index (χ2n) is 4.40. The van der Waals surface area contributed by atoms with Gasteiger partial charge in [-0.3, -0.25) is 0 Å². The van der Waals surface area contributed by atoms with E-state index in [1.807, 2.05) is 25.3 Å². The fraction of sp³-hybridized carbons (Fsp3) is 0.308. The molecule has 0 bridgehead atoms. The van der Waals surface area contributed by atoms with E-state index in [1.165, 1.54) is 12.8 Å². The molecule has 0 saturated heterocycles. The van der Waals surface area contributed by atoms with Crippen LogP contribution in [0.2, 0.25) is 0 Å². The predicted octanol–water partition coefficient (Wildman–Crippen LogP) is 2.32. The summed E-state index contributed by atoms with van der Waals surface area (Å²) in [5.74, 6) is 1.24. The summed E-state index contributed by atoms with van der Waals surface area (Å²) in [6.07, 6.45) is 6.05. The minimum atomic E-state index is 0.595. The number of hydrogen-bond donors (Lipinski definition) is 0. The lowest BCUT2D eigenvalue weighted by Crippen LogP contribution is -2.03. The Kier molecular flexibility index (Phi) is 2.19. The Morgan fingerprint density at radius 3 is 2.94 bits per heavy atom. The molecule has 0 aliphatic heterocycles. The molecule has 1 fully saturated rings. The average molecular weight is 224 g/mol. The summed E-state index contributed by atoms with van der Waals surface area (Å²) in [6.45, 7) is 1.91. The zero-order chi connectivity index (χ0) is 11.8. The molecule has 4 heteroatoms. The second-order valence-corrected chi connectivity index (χ2v) is 4.40. The number of pyridine rings is 1. The van der Waals surface area contributed by atoms with E-state index in [9.17, 15) is 0 Å². The first-order chi connectivity index (χ1) is 8.29. The lowest BCUT2D eigenvalue weighted by molar-refractivity contribution is 0.808. The van der Waals surface area contributed by atoms with Gasteiger partial charge in [-0.1, -0.05) is 0 Å². The topological polar surface area (TPSA) is 54.5 Å². The molecule has 0 radical (unpaired) electrons. The van der Waals surface area contributed by atoms with E-state index in [4.69, 9.17) is 5.26 Å². The largest absolute Gasteiger partial charge is 0.236 e. The minimum Gasteiger partial charge on any atom is -0.236 e. The highest BCUT2D eigenvalue weighted by Crippen LogP contribution is 2.39. The van der Waals surface area contributed by atoms with Crippen molar-refractivity contribution in [2.45, 2.75) is 25.7 Å². The molecule has 2 aromatic rings. The highest BCUT2D eigenvalue weighted by Gasteiger charge is 2.26. The third-order valence-electron chi connectivity index (χ3n) is 3.07. The van der Waals surface area contributed by atoms with E-state index in [2.05, 4.69) is 16.2 Å². The maximum atomic E-state index is 9.16. The molecule has 0 unspecified atom stereocenters. The SMILES string of the molecule is Cc1ccnc(-n2ccc(C3CC3)n2)c1C#N. The van der Waals surface area contributed by atoms with E-state index in [1.54, 1.807) is 10.9 Å². The van der Waals surface area contributed by atoms with Crippen molar-refractivity contribution in [3.8, 4) is 11.9 Å². The number of nitriles is 1. The van der Waals surface area contributed by atoms with Crippen LogP contribution in [0, 0.1) is 18.3 Å². The van der Waals surface area contributed by atoms with E-state index in [-0.39, 0.29) is 0 Å². The maximum Gasteiger partial charge on any atom is 0.171 e. The van der Waals surface area contributed by atoms with Crippen LogP contribution < -0.4 is 0 Å². The normalized spacial score (nSPS) is 14.6. The van der Waals surface area contributed by atoms with Crippen LogP contribution >= 0.6 is 0 Å². The number of aromatic nitrogens is 3. The van der Waals surface area contributed by atoms with Crippen molar-refractivity contribution in [1.29, 1.82) is 5.26 Å². The molecule has 1 aliphatic carbocycles. The summed E-state index contributed by atoms with van der Waals surface area (Å²) in [5.41, 5.74) is 2.64. The van der Waals surface area contributed by atoms with Gasteiger partial charge in [-0.2, -0.15) is 10.4 Å². The molecule has 0 N–H and O–H groups in total. The van der Waals surface area contributed by atoms with Crippen LogP contribution in [0.5, 0.6) is 0 Å². The van der Waals surface area contributed by atoms with Crippen LogP contribution in [-0.2, 0) is 0 Å². The summed E-state index contributed by atoms with van der Waals surface area (Å²) in [5, 5.41) is 13.7. The van der Waals surface area contributed by atoms with Gasteiger partial charge >= 0.3 is 0 Å². The summed E-state index contributed by atoms with van der Waals surface area (Å²) in [4.78, 5) is 4.25. The first-order valence-electron chi connectivity index (χ1n) is 5.71. The Morgan fingerprint density at radius 2 is 2.24 bits per heavy atom. The van der Waals surface area contributed by atoms with Gasteiger partial charge in [0, 0.05) is 18.3 Å². The molecule has 0 atom stereocenters. The van der Waals surface area contributed by atoms with Gasteiger partial charge in [0.2, 0.25) is 0 Å². The van der Waals surface area contributed by atoms with E-state index >= 15 is 0 Å². The van der Waals surface area contributed by atoms with Gasteiger partial charge in [-0.15, -0.1) is 0 Å². The second kappa shape index (κ2) is 3.70. The monoisotopic (exact) mass is 224 g/mol. The molecule has 17 heavy (non-hydrogen) atoms. The van der Waals surface area contributed by atoms with Crippen LogP contribution in [0.15, 0.2) is 24.5 Å². The van der Waals surface area contributed by atoms with Gasteiger partial charge in [0.25, 0.3) is 0 Å².